The number of nitrogens with zero attached hydrogens (tertiary/aromatic N) is 1. The topological polar surface area (TPSA) is 29.3 Å². The lowest BCUT2D eigenvalue weighted by Crippen LogP contribution is -2.27. The molecule has 2 atom stereocenters. The molecule has 1 aromatic carbocycles. The zero-order valence-electron chi connectivity index (χ0n) is 11.2. The molecule has 0 spiro atoms. The van der Waals surface area contributed by atoms with Crippen molar-refractivity contribution < 1.29 is 0 Å². The smallest absolute Gasteiger partial charge is 0.0346 e. The fraction of sp³-hybridized carbons (Fsp3) is 0.467. The molecule has 3 rings (SSSR count). The van der Waals surface area contributed by atoms with E-state index >= 15 is 0 Å². The zero-order chi connectivity index (χ0) is 12.5. The third kappa shape index (κ3) is 2.95. The quantitative estimate of drug-likeness (QED) is 0.939. The molecule has 1 aliphatic heterocycles. The summed E-state index contributed by atoms with van der Waals surface area (Å²) in [5.74, 6) is 0.685. The summed E-state index contributed by atoms with van der Waals surface area (Å²) in [5.41, 5.74) is 7.27. The van der Waals surface area contributed by atoms with Gasteiger partial charge in [0.25, 0.3) is 0 Å². The van der Waals surface area contributed by atoms with Gasteiger partial charge < -0.3 is 5.73 Å². The lowest BCUT2D eigenvalue weighted by molar-refractivity contribution is 0.257. The van der Waals surface area contributed by atoms with Gasteiger partial charge in [0.1, 0.15) is 0 Å². The first-order chi connectivity index (χ1) is 8.78. The maximum absolute atomic E-state index is 5.80. The number of thiophene rings is 1. The second-order valence-corrected chi connectivity index (χ2v) is 6.28. The van der Waals surface area contributed by atoms with E-state index in [4.69, 9.17) is 5.73 Å². The van der Waals surface area contributed by atoms with Gasteiger partial charge in [-0.25, -0.2) is 0 Å². The monoisotopic (exact) mass is 296 g/mol. The Morgan fingerprint density at radius 1 is 1.37 bits per heavy atom. The molecule has 19 heavy (non-hydrogen) atoms. The van der Waals surface area contributed by atoms with Crippen LogP contribution in [0.25, 0.3) is 10.1 Å². The average Bonchev–Trinajstić information content (AvgIpc) is 2.95. The minimum Gasteiger partial charge on any atom is -0.330 e. The van der Waals surface area contributed by atoms with Crippen molar-refractivity contribution in [1.82, 2.24) is 4.90 Å². The van der Waals surface area contributed by atoms with Crippen molar-refractivity contribution in [3.63, 3.8) is 0 Å². The van der Waals surface area contributed by atoms with E-state index < -0.39 is 0 Å². The van der Waals surface area contributed by atoms with Gasteiger partial charge in [0.05, 0.1) is 0 Å². The van der Waals surface area contributed by atoms with Crippen LogP contribution in [0.15, 0.2) is 29.6 Å². The summed E-state index contributed by atoms with van der Waals surface area (Å²) < 4.78 is 1.40. The average molecular weight is 297 g/mol. The van der Waals surface area contributed by atoms with Crippen molar-refractivity contribution in [3.8, 4) is 0 Å². The highest BCUT2D eigenvalue weighted by molar-refractivity contribution is 7.17. The molecule has 0 radical (unpaired) electrons. The molecule has 1 aliphatic rings. The number of halogens is 1. The third-order valence-corrected chi connectivity index (χ3v) is 5.07. The van der Waals surface area contributed by atoms with Crippen molar-refractivity contribution in [2.45, 2.75) is 25.9 Å². The van der Waals surface area contributed by atoms with Crippen LogP contribution in [0.5, 0.6) is 0 Å². The van der Waals surface area contributed by atoms with Crippen LogP contribution in [-0.4, -0.2) is 24.0 Å². The van der Waals surface area contributed by atoms with E-state index in [-0.39, 0.29) is 12.4 Å². The summed E-state index contributed by atoms with van der Waals surface area (Å²) in [4.78, 5) is 2.58. The predicted molar refractivity (Wildman–Crippen MR) is 86.1 cm³/mol. The molecule has 2 N–H and O–H groups in total. The first-order valence-electron chi connectivity index (χ1n) is 6.67. The van der Waals surface area contributed by atoms with Crippen molar-refractivity contribution in [2.75, 3.05) is 13.1 Å². The Morgan fingerprint density at radius 2 is 2.16 bits per heavy atom. The van der Waals surface area contributed by atoms with Gasteiger partial charge in [0.15, 0.2) is 0 Å². The molecule has 1 saturated heterocycles. The lowest BCUT2D eigenvalue weighted by Gasteiger charge is -2.20. The molecule has 1 fully saturated rings. The van der Waals surface area contributed by atoms with E-state index in [9.17, 15) is 0 Å². The van der Waals surface area contributed by atoms with Crippen LogP contribution >= 0.6 is 23.7 Å². The molecule has 0 aliphatic carbocycles. The Morgan fingerprint density at radius 3 is 2.89 bits per heavy atom. The highest BCUT2D eigenvalue weighted by Crippen LogP contribution is 2.30. The summed E-state index contributed by atoms with van der Waals surface area (Å²) in [7, 11) is 0. The standard InChI is InChI=1S/C15H20N2S.ClH/c1-11-6-12(7-16)8-17(11)9-13-10-18-15-5-3-2-4-14(13)15;/h2-5,10-12H,6-9,16H2,1H3;1H. The second-order valence-electron chi connectivity index (χ2n) is 5.37. The van der Waals surface area contributed by atoms with Crippen LogP contribution in [0.1, 0.15) is 18.9 Å². The van der Waals surface area contributed by atoms with Crippen molar-refractivity contribution in [3.05, 3.63) is 35.2 Å². The van der Waals surface area contributed by atoms with Crippen molar-refractivity contribution in [1.29, 1.82) is 0 Å². The van der Waals surface area contributed by atoms with Gasteiger partial charge >= 0.3 is 0 Å². The van der Waals surface area contributed by atoms with E-state index in [1.165, 1.54) is 22.1 Å². The molecule has 104 valence electrons. The van der Waals surface area contributed by atoms with Crippen LogP contribution in [0, 0.1) is 5.92 Å². The van der Waals surface area contributed by atoms with Crippen LogP contribution in [-0.2, 0) is 6.54 Å². The molecule has 2 aromatic rings. The molecular weight excluding hydrogens is 276 g/mol. The Labute approximate surface area is 125 Å². The fourth-order valence-electron chi connectivity index (χ4n) is 2.98. The first kappa shape index (κ1) is 14.8. The van der Waals surface area contributed by atoms with Gasteiger partial charge in [-0.1, -0.05) is 18.2 Å². The highest BCUT2D eigenvalue weighted by Gasteiger charge is 2.28. The number of nitrogens with two attached hydrogens (primary N) is 1. The lowest BCUT2D eigenvalue weighted by atomic mass is 10.1. The van der Waals surface area contributed by atoms with Crippen LogP contribution in [0.4, 0.5) is 0 Å². The predicted octanol–water partition coefficient (Wildman–Crippen LogP) is 3.49. The minimum absolute atomic E-state index is 0. The Bertz CT molecular complexity index is 540. The Hall–Kier alpha value is -0.610. The van der Waals surface area contributed by atoms with E-state index in [1.54, 1.807) is 0 Å². The maximum atomic E-state index is 5.80. The van der Waals surface area contributed by atoms with Gasteiger partial charge in [-0.05, 0) is 48.2 Å². The third-order valence-electron chi connectivity index (χ3n) is 4.06. The Balaban J connectivity index is 0.00000133. The van der Waals surface area contributed by atoms with Gasteiger partial charge in [-0.3, -0.25) is 4.90 Å². The molecule has 0 bridgehead atoms. The largest absolute Gasteiger partial charge is 0.330 e. The first-order valence-corrected chi connectivity index (χ1v) is 7.55. The second kappa shape index (κ2) is 6.23. The van der Waals surface area contributed by atoms with Crippen molar-refractivity contribution in [2.24, 2.45) is 11.7 Å². The van der Waals surface area contributed by atoms with Crippen LogP contribution in [0.3, 0.4) is 0 Å². The van der Waals surface area contributed by atoms with E-state index in [2.05, 4.69) is 41.5 Å². The van der Waals surface area contributed by atoms with Gasteiger partial charge in [0, 0.05) is 23.8 Å². The maximum Gasteiger partial charge on any atom is 0.0346 e. The number of likely N-dealkylation sites (tertiary alicyclic amines) is 1. The molecule has 0 amide bonds. The molecule has 4 heteroatoms. The van der Waals surface area contributed by atoms with Gasteiger partial charge in [0.2, 0.25) is 0 Å². The Kier molecular flexibility index (Phi) is 4.85. The number of fused-ring (bicyclic) bond motifs is 1. The van der Waals surface area contributed by atoms with Gasteiger partial charge in [-0.2, -0.15) is 0 Å². The fourth-order valence-corrected chi connectivity index (χ4v) is 3.94. The van der Waals surface area contributed by atoms with Gasteiger partial charge in [-0.15, -0.1) is 23.7 Å². The number of rotatable bonds is 3. The summed E-state index contributed by atoms with van der Waals surface area (Å²) in [6.45, 7) is 5.37. The SMILES string of the molecule is CC1CC(CN)CN1Cc1csc2ccccc12.Cl. The van der Waals surface area contributed by atoms with Crippen molar-refractivity contribution >= 4 is 33.8 Å². The molecule has 2 nitrogen and oxygen atoms in total. The van der Waals surface area contributed by atoms with Crippen LogP contribution < -0.4 is 5.73 Å². The minimum atomic E-state index is 0. The number of benzene rings is 1. The molecular formula is C15H21ClN2S. The molecule has 0 saturated carbocycles. The number of hydrogen-bond donors (Lipinski definition) is 1. The molecule has 1 aromatic heterocycles. The van der Waals surface area contributed by atoms with E-state index in [0.29, 0.717) is 12.0 Å². The summed E-state index contributed by atoms with van der Waals surface area (Å²) in [6, 6.07) is 9.36. The van der Waals surface area contributed by atoms with E-state index in [1.807, 2.05) is 11.3 Å². The van der Waals surface area contributed by atoms with Crippen LogP contribution in [0.2, 0.25) is 0 Å². The number of hydrogen-bond acceptors (Lipinski definition) is 3. The normalized spacial score (nSPS) is 23.7. The van der Waals surface area contributed by atoms with E-state index in [0.717, 1.165) is 19.6 Å². The molecule has 2 heterocycles. The molecule has 2 unspecified atom stereocenters. The summed E-state index contributed by atoms with van der Waals surface area (Å²) >= 11 is 1.85. The highest BCUT2D eigenvalue weighted by atomic mass is 35.5. The summed E-state index contributed by atoms with van der Waals surface area (Å²) in [5, 5.41) is 3.73. The summed E-state index contributed by atoms with van der Waals surface area (Å²) in [6.07, 6.45) is 1.25. The zero-order valence-corrected chi connectivity index (χ0v) is 12.8.